The SMILES string of the molecule is Nc1ccc(NCCC2CCC2)c(C(F)F)c1. The number of rotatable bonds is 5. The van der Waals surface area contributed by atoms with Gasteiger partial charge in [0.15, 0.2) is 0 Å². The standard InChI is InChI=1S/C13H18F2N2/c14-13(15)11-8-10(16)4-5-12(11)17-7-6-9-2-1-3-9/h4-5,8-9,13,17H,1-3,6-7,16H2. The molecule has 1 saturated carbocycles. The van der Waals surface area contributed by atoms with E-state index in [4.69, 9.17) is 5.73 Å². The molecule has 0 bridgehead atoms. The van der Waals surface area contributed by atoms with Crippen LogP contribution in [0.2, 0.25) is 0 Å². The summed E-state index contributed by atoms with van der Waals surface area (Å²) < 4.78 is 25.6. The van der Waals surface area contributed by atoms with Gasteiger partial charge in [0.2, 0.25) is 0 Å². The third-order valence-electron chi connectivity index (χ3n) is 3.40. The summed E-state index contributed by atoms with van der Waals surface area (Å²) in [5.41, 5.74) is 6.40. The minimum absolute atomic E-state index is 0.00129. The highest BCUT2D eigenvalue weighted by atomic mass is 19.3. The molecular weight excluding hydrogens is 222 g/mol. The van der Waals surface area contributed by atoms with Crippen molar-refractivity contribution in [3.8, 4) is 0 Å². The van der Waals surface area contributed by atoms with Gasteiger partial charge in [-0.3, -0.25) is 0 Å². The molecule has 2 nitrogen and oxygen atoms in total. The average Bonchev–Trinajstić information content (AvgIpc) is 2.23. The van der Waals surface area contributed by atoms with Crippen molar-refractivity contribution in [2.24, 2.45) is 5.92 Å². The molecule has 0 aliphatic heterocycles. The number of alkyl halides is 2. The van der Waals surface area contributed by atoms with Crippen molar-refractivity contribution >= 4 is 11.4 Å². The fourth-order valence-corrected chi connectivity index (χ4v) is 2.12. The Morgan fingerprint density at radius 3 is 2.71 bits per heavy atom. The lowest BCUT2D eigenvalue weighted by Gasteiger charge is -2.25. The Hall–Kier alpha value is -1.32. The van der Waals surface area contributed by atoms with Crippen LogP contribution in [0.5, 0.6) is 0 Å². The van der Waals surface area contributed by atoms with E-state index in [1.807, 2.05) is 0 Å². The van der Waals surface area contributed by atoms with Crippen LogP contribution in [0.15, 0.2) is 18.2 Å². The van der Waals surface area contributed by atoms with Crippen molar-refractivity contribution < 1.29 is 8.78 Å². The number of halogens is 2. The first kappa shape index (κ1) is 12.1. The molecule has 0 radical (unpaired) electrons. The smallest absolute Gasteiger partial charge is 0.265 e. The monoisotopic (exact) mass is 240 g/mol. The Morgan fingerprint density at radius 2 is 2.12 bits per heavy atom. The van der Waals surface area contributed by atoms with E-state index in [9.17, 15) is 8.78 Å². The molecule has 1 aliphatic rings. The molecule has 1 aliphatic carbocycles. The van der Waals surface area contributed by atoms with Gasteiger partial charge in [0.05, 0.1) is 0 Å². The first-order valence-electron chi connectivity index (χ1n) is 6.08. The van der Waals surface area contributed by atoms with Gasteiger partial charge in [0, 0.05) is 23.5 Å². The number of nitrogens with two attached hydrogens (primary N) is 1. The van der Waals surface area contributed by atoms with Gasteiger partial charge in [-0.2, -0.15) is 0 Å². The summed E-state index contributed by atoms with van der Waals surface area (Å²) in [7, 11) is 0. The van der Waals surface area contributed by atoms with Crippen LogP contribution in [-0.4, -0.2) is 6.54 Å². The van der Waals surface area contributed by atoms with Gasteiger partial charge in [-0.15, -0.1) is 0 Å². The predicted octanol–water partition coefficient (Wildman–Crippen LogP) is 3.81. The molecule has 94 valence electrons. The second-order valence-electron chi connectivity index (χ2n) is 4.66. The van der Waals surface area contributed by atoms with E-state index in [0.29, 0.717) is 11.4 Å². The maximum atomic E-state index is 12.8. The first-order chi connectivity index (χ1) is 8.16. The van der Waals surface area contributed by atoms with Crippen LogP contribution < -0.4 is 11.1 Å². The van der Waals surface area contributed by atoms with Crippen molar-refractivity contribution in [1.29, 1.82) is 0 Å². The van der Waals surface area contributed by atoms with Crippen LogP contribution in [0.25, 0.3) is 0 Å². The van der Waals surface area contributed by atoms with Gasteiger partial charge >= 0.3 is 0 Å². The Kier molecular flexibility index (Phi) is 3.82. The lowest BCUT2D eigenvalue weighted by atomic mass is 9.83. The molecule has 0 atom stereocenters. The van der Waals surface area contributed by atoms with E-state index < -0.39 is 6.43 Å². The number of hydrogen-bond acceptors (Lipinski definition) is 2. The Balaban J connectivity index is 1.93. The average molecular weight is 240 g/mol. The lowest BCUT2D eigenvalue weighted by molar-refractivity contribution is 0.152. The van der Waals surface area contributed by atoms with E-state index in [1.165, 1.54) is 25.3 Å². The number of benzene rings is 1. The van der Waals surface area contributed by atoms with Gasteiger partial charge in [0.25, 0.3) is 6.43 Å². The summed E-state index contributed by atoms with van der Waals surface area (Å²) in [5.74, 6) is 0.784. The molecule has 17 heavy (non-hydrogen) atoms. The molecule has 3 N–H and O–H groups in total. The molecule has 1 aromatic carbocycles. The summed E-state index contributed by atoms with van der Waals surface area (Å²) in [6, 6.07) is 4.63. The molecule has 0 spiro atoms. The van der Waals surface area contributed by atoms with E-state index >= 15 is 0 Å². The van der Waals surface area contributed by atoms with Gasteiger partial charge in [0.1, 0.15) is 0 Å². The second-order valence-corrected chi connectivity index (χ2v) is 4.66. The quantitative estimate of drug-likeness (QED) is 0.768. The Morgan fingerprint density at radius 1 is 1.35 bits per heavy atom. The molecule has 1 fully saturated rings. The molecule has 4 heteroatoms. The summed E-state index contributed by atoms with van der Waals surface area (Å²) >= 11 is 0. The summed E-state index contributed by atoms with van der Waals surface area (Å²) in [4.78, 5) is 0. The van der Waals surface area contributed by atoms with Crippen molar-refractivity contribution in [3.63, 3.8) is 0 Å². The van der Waals surface area contributed by atoms with E-state index in [2.05, 4.69) is 5.32 Å². The van der Waals surface area contributed by atoms with Crippen LogP contribution in [0, 0.1) is 5.92 Å². The third kappa shape index (κ3) is 3.08. The highest BCUT2D eigenvalue weighted by Crippen LogP contribution is 2.31. The zero-order valence-corrected chi connectivity index (χ0v) is 9.76. The van der Waals surface area contributed by atoms with Crippen molar-refractivity contribution in [1.82, 2.24) is 0 Å². The molecule has 1 aromatic rings. The molecule has 0 saturated heterocycles. The number of nitrogens with one attached hydrogen (secondary N) is 1. The highest BCUT2D eigenvalue weighted by molar-refractivity contribution is 5.58. The van der Waals surface area contributed by atoms with Crippen LogP contribution in [0.3, 0.4) is 0 Å². The summed E-state index contributed by atoms with van der Waals surface area (Å²) in [6.07, 6.45) is 2.46. The zero-order valence-electron chi connectivity index (χ0n) is 9.76. The minimum Gasteiger partial charge on any atom is -0.399 e. The molecule has 2 rings (SSSR count). The van der Waals surface area contributed by atoms with E-state index in [1.54, 1.807) is 12.1 Å². The van der Waals surface area contributed by atoms with Gasteiger partial charge in [-0.05, 0) is 30.5 Å². The lowest BCUT2D eigenvalue weighted by Crippen LogP contribution is -2.16. The molecule has 0 amide bonds. The largest absolute Gasteiger partial charge is 0.399 e. The minimum atomic E-state index is -2.48. The third-order valence-corrected chi connectivity index (χ3v) is 3.40. The summed E-state index contributed by atoms with van der Waals surface area (Å²) in [5, 5.41) is 3.09. The van der Waals surface area contributed by atoms with Crippen LogP contribution in [0.4, 0.5) is 20.2 Å². The van der Waals surface area contributed by atoms with Crippen LogP contribution in [0.1, 0.15) is 37.7 Å². The fraction of sp³-hybridized carbons (Fsp3) is 0.538. The van der Waals surface area contributed by atoms with Crippen molar-refractivity contribution in [2.45, 2.75) is 32.1 Å². The van der Waals surface area contributed by atoms with Crippen molar-refractivity contribution in [2.75, 3.05) is 17.6 Å². The maximum Gasteiger partial charge on any atom is 0.265 e. The number of nitrogen functional groups attached to an aromatic ring is 1. The van der Waals surface area contributed by atoms with Crippen LogP contribution in [-0.2, 0) is 0 Å². The zero-order chi connectivity index (χ0) is 12.3. The van der Waals surface area contributed by atoms with E-state index in [0.717, 1.165) is 18.9 Å². The fourth-order valence-electron chi connectivity index (χ4n) is 2.12. The van der Waals surface area contributed by atoms with E-state index in [-0.39, 0.29) is 5.56 Å². The van der Waals surface area contributed by atoms with Gasteiger partial charge in [-0.1, -0.05) is 19.3 Å². The Labute approximate surface area is 100 Å². The second kappa shape index (κ2) is 5.34. The summed E-state index contributed by atoms with van der Waals surface area (Å²) in [6.45, 7) is 0.758. The Bertz CT molecular complexity index is 376. The number of anilines is 2. The molecule has 0 aromatic heterocycles. The highest BCUT2D eigenvalue weighted by Gasteiger charge is 2.17. The molecule has 0 unspecified atom stereocenters. The normalized spacial score (nSPS) is 15.9. The van der Waals surface area contributed by atoms with Gasteiger partial charge < -0.3 is 11.1 Å². The van der Waals surface area contributed by atoms with Crippen LogP contribution >= 0.6 is 0 Å². The number of hydrogen-bond donors (Lipinski definition) is 2. The maximum absolute atomic E-state index is 12.8. The van der Waals surface area contributed by atoms with Gasteiger partial charge in [-0.25, -0.2) is 8.78 Å². The topological polar surface area (TPSA) is 38.0 Å². The molecular formula is C13H18F2N2. The molecule has 0 heterocycles. The first-order valence-corrected chi connectivity index (χ1v) is 6.08. The van der Waals surface area contributed by atoms with Crippen molar-refractivity contribution in [3.05, 3.63) is 23.8 Å². The predicted molar refractivity (Wildman–Crippen MR) is 66.3 cm³/mol.